The van der Waals surface area contributed by atoms with Crippen molar-refractivity contribution >= 4 is 11.8 Å². The van der Waals surface area contributed by atoms with Crippen LogP contribution in [0.1, 0.15) is 78.6 Å². The van der Waals surface area contributed by atoms with Gasteiger partial charge >= 0.3 is 5.97 Å². The van der Waals surface area contributed by atoms with Gasteiger partial charge < -0.3 is 4.74 Å². The molecule has 4 fully saturated rings. The highest BCUT2D eigenvalue weighted by molar-refractivity contribution is 5.83. The van der Waals surface area contributed by atoms with E-state index in [0.29, 0.717) is 34.9 Å². The molecular weight excluding hydrogens is 300 g/mol. The number of esters is 1. The summed E-state index contributed by atoms with van der Waals surface area (Å²) in [4.78, 5) is 24.4. The predicted molar refractivity (Wildman–Crippen MR) is 92.3 cm³/mol. The molecule has 0 aromatic rings. The highest BCUT2D eigenvalue weighted by Crippen LogP contribution is 2.65. The molecule has 0 spiro atoms. The lowest BCUT2D eigenvalue weighted by atomic mass is 9.45. The van der Waals surface area contributed by atoms with Crippen molar-refractivity contribution in [3.63, 3.8) is 0 Å². The van der Waals surface area contributed by atoms with E-state index in [9.17, 15) is 9.59 Å². The average Bonchev–Trinajstić information content (AvgIpc) is 2.90. The summed E-state index contributed by atoms with van der Waals surface area (Å²) in [7, 11) is 0. The van der Waals surface area contributed by atoms with Crippen LogP contribution in [-0.4, -0.2) is 17.9 Å². The minimum absolute atomic E-state index is 0.0326. The van der Waals surface area contributed by atoms with E-state index in [1.807, 2.05) is 0 Å². The van der Waals surface area contributed by atoms with Gasteiger partial charge in [0.05, 0.1) is 0 Å². The highest BCUT2D eigenvalue weighted by Gasteiger charge is 2.60. The summed E-state index contributed by atoms with van der Waals surface area (Å²) in [6.07, 6.45) is 10.2. The van der Waals surface area contributed by atoms with Crippen molar-refractivity contribution in [1.82, 2.24) is 0 Å². The van der Waals surface area contributed by atoms with E-state index in [0.717, 1.165) is 25.7 Å². The standard InChI is InChI=1S/C21H32O3/c1-13(22)24-15-6-10-21(3)14(11-15)12-18(23)19-16-5-4-8-20(16,2)9-7-17(19)21/h14-17,19H,4-12H2,1-3H3/t14-,15-,16-,17-,19-,20+,21+/m1/s1. The van der Waals surface area contributed by atoms with Gasteiger partial charge in [-0.15, -0.1) is 0 Å². The van der Waals surface area contributed by atoms with Crippen LogP contribution in [0, 0.1) is 34.5 Å². The van der Waals surface area contributed by atoms with E-state index < -0.39 is 0 Å². The minimum atomic E-state index is -0.178. The molecule has 0 unspecified atom stereocenters. The molecular formula is C21H32O3. The Balaban J connectivity index is 1.59. The Kier molecular flexibility index (Phi) is 3.85. The summed E-state index contributed by atoms with van der Waals surface area (Å²) in [6.45, 7) is 6.39. The first-order chi connectivity index (χ1) is 11.3. The fraction of sp³-hybridized carbons (Fsp3) is 0.905. The second-order valence-electron chi connectivity index (χ2n) is 9.70. The Labute approximate surface area is 145 Å². The average molecular weight is 332 g/mol. The SMILES string of the molecule is CC(=O)O[C@@H]1CC[C@@]2(C)[C@@H](CC(=O)[C@@H]3[C@H]4CCC[C@@]4(C)CC[C@H]32)C1. The van der Waals surface area contributed by atoms with Crippen molar-refractivity contribution in [2.45, 2.75) is 84.7 Å². The molecule has 0 aliphatic heterocycles. The zero-order chi connectivity index (χ0) is 17.1. The molecule has 134 valence electrons. The normalized spacial score (nSPS) is 50.6. The predicted octanol–water partition coefficient (Wildman–Crippen LogP) is 4.53. The van der Waals surface area contributed by atoms with E-state index in [1.165, 1.54) is 39.0 Å². The first-order valence-corrected chi connectivity index (χ1v) is 10.0. The van der Waals surface area contributed by atoms with Crippen LogP contribution >= 0.6 is 0 Å². The quantitative estimate of drug-likeness (QED) is 0.663. The summed E-state index contributed by atoms with van der Waals surface area (Å²) in [5.74, 6) is 2.28. The lowest BCUT2D eigenvalue weighted by Gasteiger charge is -2.59. The van der Waals surface area contributed by atoms with Gasteiger partial charge in [-0.25, -0.2) is 0 Å². The monoisotopic (exact) mass is 332 g/mol. The minimum Gasteiger partial charge on any atom is -0.463 e. The number of Topliss-reactive ketones (excluding diaryl/α,β-unsaturated/α-hetero) is 1. The van der Waals surface area contributed by atoms with Gasteiger partial charge in [0, 0.05) is 19.3 Å². The molecule has 7 atom stereocenters. The van der Waals surface area contributed by atoms with Crippen LogP contribution in [0.15, 0.2) is 0 Å². The Hall–Kier alpha value is -0.860. The van der Waals surface area contributed by atoms with Crippen molar-refractivity contribution < 1.29 is 14.3 Å². The van der Waals surface area contributed by atoms with Crippen LogP contribution < -0.4 is 0 Å². The largest absolute Gasteiger partial charge is 0.463 e. The highest BCUT2D eigenvalue weighted by atomic mass is 16.5. The van der Waals surface area contributed by atoms with Crippen molar-refractivity contribution in [1.29, 1.82) is 0 Å². The number of hydrogen-bond acceptors (Lipinski definition) is 3. The number of fused-ring (bicyclic) bond motifs is 5. The van der Waals surface area contributed by atoms with Crippen molar-refractivity contribution in [2.75, 3.05) is 0 Å². The maximum Gasteiger partial charge on any atom is 0.302 e. The van der Waals surface area contributed by atoms with E-state index in [4.69, 9.17) is 4.74 Å². The van der Waals surface area contributed by atoms with Gasteiger partial charge in [0.1, 0.15) is 11.9 Å². The van der Waals surface area contributed by atoms with Crippen molar-refractivity contribution in [3.05, 3.63) is 0 Å². The van der Waals surface area contributed by atoms with Crippen LogP contribution in [0.3, 0.4) is 0 Å². The second-order valence-corrected chi connectivity index (χ2v) is 9.70. The Morgan fingerprint density at radius 1 is 1.08 bits per heavy atom. The van der Waals surface area contributed by atoms with Gasteiger partial charge in [-0.1, -0.05) is 20.3 Å². The maximum atomic E-state index is 13.1. The fourth-order valence-electron chi connectivity index (χ4n) is 7.22. The van der Waals surface area contributed by atoms with Crippen LogP contribution in [-0.2, 0) is 14.3 Å². The molecule has 0 amide bonds. The van der Waals surface area contributed by atoms with Gasteiger partial charge in [0.2, 0.25) is 0 Å². The lowest BCUT2D eigenvalue weighted by molar-refractivity contribution is -0.166. The number of ether oxygens (including phenoxy) is 1. The third-order valence-electron chi connectivity index (χ3n) is 8.54. The van der Waals surface area contributed by atoms with E-state index >= 15 is 0 Å². The van der Waals surface area contributed by atoms with Crippen molar-refractivity contribution in [2.24, 2.45) is 34.5 Å². The van der Waals surface area contributed by atoms with Crippen LogP contribution in [0.25, 0.3) is 0 Å². The smallest absolute Gasteiger partial charge is 0.302 e. The van der Waals surface area contributed by atoms with Gasteiger partial charge in [-0.3, -0.25) is 9.59 Å². The first kappa shape index (κ1) is 16.6. The fourth-order valence-corrected chi connectivity index (χ4v) is 7.22. The Morgan fingerprint density at radius 2 is 1.88 bits per heavy atom. The molecule has 0 heterocycles. The summed E-state index contributed by atoms with van der Waals surface area (Å²) in [6, 6.07) is 0. The number of carbonyl (C=O) groups is 2. The molecule has 4 saturated carbocycles. The van der Waals surface area contributed by atoms with E-state index in [2.05, 4.69) is 13.8 Å². The number of ketones is 1. The van der Waals surface area contributed by atoms with E-state index in [1.54, 1.807) is 0 Å². The summed E-state index contributed by atoms with van der Waals surface area (Å²) >= 11 is 0. The van der Waals surface area contributed by atoms with Gasteiger partial charge in [0.15, 0.2) is 0 Å². The molecule has 3 heteroatoms. The van der Waals surface area contributed by atoms with Crippen LogP contribution in [0.4, 0.5) is 0 Å². The maximum absolute atomic E-state index is 13.1. The van der Waals surface area contributed by atoms with Gasteiger partial charge in [-0.2, -0.15) is 0 Å². The molecule has 24 heavy (non-hydrogen) atoms. The molecule has 4 aliphatic rings. The summed E-state index contributed by atoms with van der Waals surface area (Å²) in [5.41, 5.74) is 0.702. The number of hydrogen-bond donors (Lipinski definition) is 0. The van der Waals surface area contributed by atoms with Crippen LogP contribution in [0.5, 0.6) is 0 Å². The van der Waals surface area contributed by atoms with Gasteiger partial charge in [-0.05, 0) is 73.5 Å². The zero-order valence-electron chi connectivity index (χ0n) is 15.5. The Morgan fingerprint density at radius 3 is 2.62 bits per heavy atom. The second kappa shape index (κ2) is 5.57. The lowest BCUT2D eigenvalue weighted by Crippen LogP contribution is -2.56. The molecule has 3 nitrogen and oxygen atoms in total. The number of rotatable bonds is 1. The van der Waals surface area contributed by atoms with E-state index in [-0.39, 0.29) is 17.5 Å². The third kappa shape index (κ3) is 2.37. The molecule has 0 aromatic carbocycles. The summed E-state index contributed by atoms with van der Waals surface area (Å²) < 4.78 is 5.49. The molecule has 4 aliphatic carbocycles. The molecule has 0 aromatic heterocycles. The Bertz CT molecular complexity index is 555. The third-order valence-corrected chi connectivity index (χ3v) is 8.54. The van der Waals surface area contributed by atoms with Crippen molar-refractivity contribution in [3.8, 4) is 0 Å². The zero-order valence-corrected chi connectivity index (χ0v) is 15.5. The molecule has 0 bridgehead atoms. The summed E-state index contributed by atoms with van der Waals surface area (Å²) in [5, 5.41) is 0. The number of carbonyl (C=O) groups excluding carboxylic acids is 2. The molecule has 0 saturated heterocycles. The van der Waals surface area contributed by atoms with Gasteiger partial charge in [0.25, 0.3) is 0 Å². The molecule has 0 N–H and O–H groups in total. The topological polar surface area (TPSA) is 43.4 Å². The molecule has 0 radical (unpaired) electrons. The van der Waals surface area contributed by atoms with Crippen LogP contribution in [0.2, 0.25) is 0 Å². The molecule has 4 rings (SSSR count). The first-order valence-electron chi connectivity index (χ1n) is 10.0.